The molecule has 1 N–H and O–H groups in total. The Morgan fingerprint density at radius 3 is 2.70 bits per heavy atom. The molecule has 6 heteroatoms. The van der Waals surface area contributed by atoms with Gasteiger partial charge in [-0.15, -0.1) is 0 Å². The fourth-order valence-electron chi connectivity index (χ4n) is 2.10. The number of allylic oxidation sites excluding steroid dienone is 2. The van der Waals surface area contributed by atoms with Crippen LogP contribution in [0.5, 0.6) is 0 Å². The van der Waals surface area contributed by atoms with E-state index in [0.29, 0.717) is 17.1 Å². The second-order valence-corrected chi connectivity index (χ2v) is 7.31. The topological polar surface area (TPSA) is 63.2 Å². The van der Waals surface area contributed by atoms with Crippen LogP contribution in [0.15, 0.2) is 35.2 Å². The minimum atomic E-state index is -3.32. The molecule has 0 spiro atoms. The molecule has 0 heterocycles. The average Bonchev–Trinajstić information content (AvgIpc) is 2.41. The van der Waals surface area contributed by atoms with Gasteiger partial charge in [-0.1, -0.05) is 23.8 Å². The number of hydrogen-bond acceptors (Lipinski definition) is 3. The standard InChI is InChI=1S/C14H16ClNO3S/c1-20(18,19)11-7-8-12(15)13(9-11)16-14(17)10-5-3-2-4-6-10/h2-3,7-10H,4-6H2,1H3,(H,16,17). The van der Waals surface area contributed by atoms with E-state index < -0.39 is 9.84 Å². The molecule has 2 rings (SSSR count). The summed E-state index contributed by atoms with van der Waals surface area (Å²) < 4.78 is 23.0. The second kappa shape index (κ2) is 5.97. The molecule has 1 aromatic carbocycles. The van der Waals surface area contributed by atoms with Crippen molar-refractivity contribution in [3.05, 3.63) is 35.4 Å². The Kier molecular flexibility index (Phi) is 4.50. The van der Waals surface area contributed by atoms with Gasteiger partial charge in [-0.05, 0) is 37.5 Å². The lowest BCUT2D eigenvalue weighted by Gasteiger charge is -2.18. The first-order valence-corrected chi connectivity index (χ1v) is 8.60. The van der Waals surface area contributed by atoms with Crippen molar-refractivity contribution < 1.29 is 13.2 Å². The monoisotopic (exact) mass is 313 g/mol. The van der Waals surface area contributed by atoms with Crippen LogP contribution in [0, 0.1) is 5.92 Å². The number of benzene rings is 1. The van der Waals surface area contributed by atoms with Crippen LogP contribution in [0.1, 0.15) is 19.3 Å². The van der Waals surface area contributed by atoms with E-state index in [4.69, 9.17) is 11.6 Å². The summed E-state index contributed by atoms with van der Waals surface area (Å²) in [5, 5.41) is 3.05. The lowest BCUT2D eigenvalue weighted by atomic mass is 9.93. The quantitative estimate of drug-likeness (QED) is 0.872. The molecule has 1 atom stereocenters. The zero-order valence-electron chi connectivity index (χ0n) is 11.1. The van der Waals surface area contributed by atoms with E-state index in [0.717, 1.165) is 19.1 Å². The van der Waals surface area contributed by atoms with Gasteiger partial charge in [0, 0.05) is 12.2 Å². The van der Waals surface area contributed by atoms with Gasteiger partial charge in [-0.25, -0.2) is 8.42 Å². The normalized spacial score (nSPS) is 18.8. The molecule has 108 valence electrons. The third-order valence-corrected chi connectivity index (χ3v) is 4.70. The number of amides is 1. The van der Waals surface area contributed by atoms with Crippen molar-refractivity contribution in [2.24, 2.45) is 5.92 Å². The first-order chi connectivity index (χ1) is 9.38. The van der Waals surface area contributed by atoms with Gasteiger partial charge >= 0.3 is 0 Å². The van der Waals surface area contributed by atoms with Gasteiger partial charge in [0.2, 0.25) is 5.91 Å². The summed E-state index contributed by atoms with van der Waals surface area (Å²) in [6, 6.07) is 4.30. The molecule has 0 bridgehead atoms. The molecule has 4 nitrogen and oxygen atoms in total. The van der Waals surface area contributed by atoms with Crippen LogP contribution < -0.4 is 5.32 Å². The second-order valence-electron chi connectivity index (χ2n) is 4.88. The van der Waals surface area contributed by atoms with Crippen LogP contribution in [0.4, 0.5) is 5.69 Å². The van der Waals surface area contributed by atoms with Gasteiger partial charge in [-0.3, -0.25) is 4.79 Å². The van der Waals surface area contributed by atoms with Crippen molar-refractivity contribution in [2.45, 2.75) is 24.2 Å². The third-order valence-electron chi connectivity index (χ3n) is 3.26. The Hall–Kier alpha value is -1.33. The maximum absolute atomic E-state index is 12.1. The van der Waals surface area contributed by atoms with Gasteiger partial charge in [-0.2, -0.15) is 0 Å². The Morgan fingerprint density at radius 2 is 2.10 bits per heavy atom. The Bertz CT molecular complexity index is 652. The molecule has 0 saturated heterocycles. The van der Waals surface area contributed by atoms with Gasteiger partial charge in [0.05, 0.1) is 15.6 Å². The summed E-state index contributed by atoms with van der Waals surface area (Å²) in [6.07, 6.45) is 7.55. The third kappa shape index (κ3) is 3.61. The summed E-state index contributed by atoms with van der Waals surface area (Å²) in [7, 11) is -3.32. The van der Waals surface area contributed by atoms with E-state index >= 15 is 0 Å². The van der Waals surface area contributed by atoms with Crippen LogP contribution in [0.25, 0.3) is 0 Å². The number of anilines is 1. The van der Waals surface area contributed by atoms with Crippen molar-refractivity contribution in [3.63, 3.8) is 0 Å². The number of sulfone groups is 1. The summed E-state index contributed by atoms with van der Waals surface area (Å²) in [6.45, 7) is 0. The van der Waals surface area contributed by atoms with E-state index in [9.17, 15) is 13.2 Å². The van der Waals surface area contributed by atoms with E-state index in [1.54, 1.807) is 0 Å². The zero-order chi connectivity index (χ0) is 14.8. The first-order valence-electron chi connectivity index (χ1n) is 6.33. The molecule has 20 heavy (non-hydrogen) atoms. The summed E-state index contributed by atoms with van der Waals surface area (Å²) in [5.74, 6) is -0.208. The van der Waals surface area contributed by atoms with Crippen molar-refractivity contribution >= 4 is 33.0 Å². The van der Waals surface area contributed by atoms with Crippen molar-refractivity contribution in [2.75, 3.05) is 11.6 Å². The van der Waals surface area contributed by atoms with Crippen LogP contribution in [-0.2, 0) is 14.6 Å². The van der Waals surface area contributed by atoms with Gasteiger partial charge in [0.1, 0.15) is 0 Å². The molecular weight excluding hydrogens is 298 g/mol. The predicted octanol–water partition coefficient (Wildman–Crippen LogP) is 3.04. The van der Waals surface area contributed by atoms with Gasteiger partial charge in [0.25, 0.3) is 0 Å². The molecule has 1 aliphatic carbocycles. The van der Waals surface area contributed by atoms with E-state index in [1.807, 2.05) is 6.08 Å². The molecule has 1 aromatic rings. The molecule has 0 aliphatic heterocycles. The lowest BCUT2D eigenvalue weighted by Crippen LogP contribution is -2.23. The number of hydrogen-bond donors (Lipinski definition) is 1. The number of halogens is 1. The smallest absolute Gasteiger partial charge is 0.227 e. The molecule has 1 unspecified atom stereocenters. The van der Waals surface area contributed by atoms with Crippen molar-refractivity contribution in [1.29, 1.82) is 0 Å². The van der Waals surface area contributed by atoms with Crippen LogP contribution in [-0.4, -0.2) is 20.6 Å². The highest BCUT2D eigenvalue weighted by molar-refractivity contribution is 7.90. The minimum absolute atomic E-state index is 0.0852. The largest absolute Gasteiger partial charge is 0.324 e. The van der Waals surface area contributed by atoms with E-state index in [1.165, 1.54) is 18.2 Å². The van der Waals surface area contributed by atoms with Crippen LogP contribution in [0.2, 0.25) is 5.02 Å². The van der Waals surface area contributed by atoms with Crippen molar-refractivity contribution in [3.8, 4) is 0 Å². The van der Waals surface area contributed by atoms with Gasteiger partial charge < -0.3 is 5.32 Å². The average molecular weight is 314 g/mol. The van der Waals surface area contributed by atoms with Gasteiger partial charge in [0.15, 0.2) is 9.84 Å². The maximum atomic E-state index is 12.1. The Labute approximate surface area is 123 Å². The number of carbonyl (C=O) groups is 1. The fourth-order valence-corrected chi connectivity index (χ4v) is 2.91. The molecule has 0 saturated carbocycles. The first kappa shape index (κ1) is 15.1. The number of carbonyl (C=O) groups excluding carboxylic acids is 1. The summed E-state index contributed by atoms with van der Waals surface area (Å²) in [4.78, 5) is 12.3. The maximum Gasteiger partial charge on any atom is 0.227 e. The van der Waals surface area contributed by atoms with Crippen molar-refractivity contribution in [1.82, 2.24) is 0 Å². The predicted molar refractivity (Wildman–Crippen MR) is 79.7 cm³/mol. The zero-order valence-corrected chi connectivity index (χ0v) is 12.7. The summed E-state index contributed by atoms with van der Waals surface area (Å²) in [5.41, 5.74) is 0.342. The molecule has 0 fully saturated rings. The molecular formula is C14H16ClNO3S. The Morgan fingerprint density at radius 1 is 1.35 bits per heavy atom. The van der Waals surface area contributed by atoms with E-state index in [-0.39, 0.29) is 16.7 Å². The van der Waals surface area contributed by atoms with Crippen LogP contribution >= 0.6 is 11.6 Å². The minimum Gasteiger partial charge on any atom is -0.324 e. The Balaban J connectivity index is 2.20. The lowest BCUT2D eigenvalue weighted by molar-refractivity contribution is -0.120. The molecule has 1 aliphatic rings. The molecule has 1 amide bonds. The SMILES string of the molecule is CS(=O)(=O)c1ccc(Cl)c(NC(=O)C2CC=CCC2)c1. The number of nitrogens with one attached hydrogen (secondary N) is 1. The number of rotatable bonds is 3. The highest BCUT2D eigenvalue weighted by Crippen LogP contribution is 2.27. The molecule has 0 radical (unpaired) electrons. The molecule has 0 aromatic heterocycles. The van der Waals surface area contributed by atoms with E-state index in [2.05, 4.69) is 11.4 Å². The highest BCUT2D eigenvalue weighted by Gasteiger charge is 2.20. The van der Waals surface area contributed by atoms with Crippen LogP contribution in [0.3, 0.4) is 0 Å². The summed E-state index contributed by atoms with van der Waals surface area (Å²) >= 11 is 6.01. The highest BCUT2D eigenvalue weighted by atomic mass is 35.5. The fraction of sp³-hybridized carbons (Fsp3) is 0.357.